The Bertz CT molecular complexity index is 728. The van der Waals surface area contributed by atoms with Gasteiger partial charge in [0.2, 0.25) is 10.0 Å². The Morgan fingerprint density at radius 2 is 1.71 bits per heavy atom. The molecule has 0 amide bonds. The normalized spacial score (nSPS) is 11.4. The van der Waals surface area contributed by atoms with Crippen LogP contribution >= 0.6 is 11.6 Å². The highest BCUT2D eigenvalue weighted by molar-refractivity contribution is 7.92. The third-order valence-corrected chi connectivity index (χ3v) is 4.37. The number of sulfonamides is 1. The maximum atomic E-state index is 13.8. The lowest BCUT2D eigenvalue weighted by Gasteiger charge is -2.23. The second-order valence-electron chi connectivity index (χ2n) is 4.45. The lowest BCUT2D eigenvalue weighted by Crippen LogP contribution is -2.29. The Morgan fingerprint density at radius 3 is 2.24 bits per heavy atom. The van der Waals surface area contributed by atoms with Crippen LogP contribution in [0.25, 0.3) is 0 Å². The zero-order valence-electron chi connectivity index (χ0n) is 11.1. The van der Waals surface area contributed by atoms with Crippen LogP contribution in [0, 0.1) is 11.6 Å². The highest BCUT2D eigenvalue weighted by Crippen LogP contribution is 2.26. The Labute approximate surface area is 126 Å². The molecule has 0 heterocycles. The molecule has 3 nitrogen and oxygen atoms in total. The van der Waals surface area contributed by atoms with Crippen molar-refractivity contribution in [2.75, 3.05) is 10.6 Å². The second kappa shape index (κ2) is 5.99. The Morgan fingerprint density at radius 1 is 1.10 bits per heavy atom. The molecule has 112 valence electrons. The molecule has 2 aromatic carbocycles. The zero-order valence-corrected chi connectivity index (χ0v) is 12.6. The summed E-state index contributed by atoms with van der Waals surface area (Å²) in [5, 5.41) is 0.130. The number of halogens is 3. The third kappa shape index (κ3) is 3.71. The van der Waals surface area contributed by atoms with Gasteiger partial charge in [-0.05, 0) is 36.4 Å². The average Bonchev–Trinajstić information content (AvgIpc) is 2.38. The number of hydrogen-bond donors (Lipinski definition) is 0. The molecule has 0 aromatic heterocycles. The third-order valence-electron chi connectivity index (χ3n) is 2.88. The molecule has 0 unspecified atom stereocenters. The van der Waals surface area contributed by atoms with E-state index >= 15 is 0 Å². The summed E-state index contributed by atoms with van der Waals surface area (Å²) in [6.45, 7) is -0.268. The average molecular weight is 332 g/mol. The van der Waals surface area contributed by atoms with Gasteiger partial charge in [-0.1, -0.05) is 17.7 Å². The molecule has 0 radical (unpaired) electrons. The molecule has 0 N–H and O–H groups in total. The molecule has 2 aromatic rings. The fourth-order valence-corrected chi connectivity index (χ4v) is 2.93. The topological polar surface area (TPSA) is 37.4 Å². The summed E-state index contributed by atoms with van der Waals surface area (Å²) in [6, 6.07) is 9.00. The van der Waals surface area contributed by atoms with Gasteiger partial charge < -0.3 is 0 Å². The Hall–Kier alpha value is -1.66. The van der Waals surface area contributed by atoms with Crippen molar-refractivity contribution in [3.8, 4) is 0 Å². The van der Waals surface area contributed by atoms with Crippen LogP contribution in [0.2, 0.25) is 5.02 Å². The molecule has 0 aliphatic rings. The van der Waals surface area contributed by atoms with Gasteiger partial charge >= 0.3 is 0 Å². The SMILES string of the molecule is CS(=O)(=O)N(Cc1c(F)cccc1Cl)c1ccc(F)cc1. The lowest BCUT2D eigenvalue weighted by molar-refractivity contribution is 0.590. The van der Waals surface area contributed by atoms with E-state index in [4.69, 9.17) is 11.6 Å². The minimum atomic E-state index is -3.68. The summed E-state index contributed by atoms with van der Waals surface area (Å²) in [5.41, 5.74) is 0.298. The van der Waals surface area contributed by atoms with Crippen molar-refractivity contribution in [3.05, 3.63) is 64.7 Å². The summed E-state index contributed by atoms with van der Waals surface area (Å²) in [7, 11) is -3.68. The first-order chi connectivity index (χ1) is 9.79. The van der Waals surface area contributed by atoms with E-state index in [-0.39, 0.29) is 22.8 Å². The first kappa shape index (κ1) is 15.7. The van der Waals surface area contributed by atoms with Crippen molar-refractivity contribution in [2.45, 2.75) is 6.54 Å². The predicted octanol–water partition coefficient (Wildman–Crippen LogP) is 3.58. The van der Waals surface area contributed by atoms with Gasteiger partial charge in [-0.15, -0.1) is 0 Å². The van der Waals surface area contributed by atoms with Crippen LogP contribution in [0.4, 0.5) is 14.5 Å². The predicted molar refractivity (Wildman–Crippen MR) is 78.8 cm³/mol. The standard InChI is InChI=1S/C14H12ClF2NO2S/c1-21(19,20)18(11-7-5-10(16)6-8-11)9-12-13(15)3-2-4-14(12)17/h2-8H,9H2,1H3. The fourth-order valence-electron chi connectivity index (χ4n) is 1.83. The zero-order chi connectivity index (χ0) is 15.6. The van der Waals surface area contributed by atoms with E-state index in [0.717, 1.165) is 22.7 Å². The van der Waals surface area contributed by atoms with Crippen molar-refractivity contribution in [1.82, 2.24) is 0 Å². The molecule has 0 bridgehead atoms. The molecule has 0 spiro atoms. The molecule has 0 aliphatic heterocycles. The molecule has 0 saturated carbocycles. The van der Waals surface area contributed by atoms with Crippen LogP contribution < -0.4 is 4.31 Å². The second-order valence-corrected chi connectivity index (χ2v) is 6.76. The molecular formula is C14H12ClF2NO2S. The number of nitrogens with zero attached hydrogens (tertiary/aromatic N) is 1. The highest BCUT2D eigenvalue weighted by Gasteiger charge is 2.21. The van der Waals surface area contributed by atoms with E-state index in [1.807, 2.05) is 0 Å². The molecular weight excluding hydrogens is 320 g/mol. The largest absolute Gasteiger partial charge is 0.266 e. The Kier molecular flexibility index (Phi) is 4.49. The van der Waals surface area contributed by atoms with Gasteiger partial charge in [0.15, 0.2) is 0 Å². The van der Waals surface area contributed by atoms with Gasteiger partial charge in [0.1, 0.15) is 11.6 Å². The van der Waals surface area contributed by atoms with Crippen LogP contribution in [0.1, 0.15) is 5.56 Å². The van der Waals surface area contributed by atoms with Gasteiger partial charge in [0, 0.05) is 10.6 Å². The monoisotopic (exact) mass is 331 g/mol. The summed E-state index contributed by atoms with van der Waals surface area (Å²) >= 11 is 5.91. The van der Waals surface area contributed by atoms with Gasteiger partial charge in [-0.2, -0.15) is 0 Å². The van der Waals surface area contributed by atoms with Crippen molar-refractivity contribution in [1.29, 1.82) is 0 Å². The van der Waals surface area contributed by atoms with Gasteiger partial charge in [-0.3, -0.25) is 4.31 Å². The first-order valence-corrected chi connectivity index (χ1v) is 8.18. The summed E-state index contributed by atoms with van der Waals surface area (Å²) < 4.78 is 51.6. The Balaban J connectivity index is 2.46. The van der Waals surface area contributed by atoms with Crippen LogP contribution in [0.15, 0.2) is 42.5 Å². The number of rotatable bonds is 4. The number of hydrogen-bond acceptors (Lipinski definition) is 2. The van der Waals surface area contributed by atoms with Gasteiger partial charge in [-0.25, -0.2) is 17.2 Å². The fraction of sp³-hybridized carbons (Fsp3) is 0.143. The van der Waals surface area contributed by atoms with Gasteiger partial charge in [0.05, 0.1) is 18.5 Å². The van der Waals surface area contributed by atoms with E-state index in [2.05, 4.69) is 0 Å². The van der Waals surface area contributed by atoms with Crippen molar-refractivity contribution in [3.63, 3.8) is 0 Å². The van der Waals surface area contributed by atoms with Crippen molar-refractivity contribution >= 4 is 27.3 Å². The van der Waals surface area contributed by atoms with Crippen molar-refractivity contribution in [2.24, 2.45) is 0 Å². The van der Waals surface area contributed by atoms with E-state index in [1.165, 1.54) is 30.3 Å². The van der Waals surface area contributed by atoms with Crippen LogP contribution in [-0.4, -0.2) is 14.7 Å². The minimum Gasteiger partial charge on any atom is -0.266 e. The maximum Gasteiger partial charge on any atom is 0.232 e. The van der Waals surface area contributed by atoms with E-state index in [0.29, 0.717) is 0 Å². The van der Waals surface area contributed by atoms with Crippen LogP contribution in [0.5, 0.6) is 0 Å². The molecule has 0 fully saturated rings. The van der Waals surface area contributed by atoms with Crippen LogP contribution in [0.3, 0.4) is 0 Å². The molecule has 0 saturated heterocycles. The summed E-state index contributed by atoms with van der Waals surface area (Å²) in [4.78, 5) is 0. The van der Waals surface area contributed by atoms with E-state index in [1.54, 1.807) is 0 Å². The summed E-state index contributed by atoms with van der Waals surface area (Å²) in [5.74, 6) is -1.09. The number of anilines is 1. The molecule has 2 rings (SSSR count). The lowest BCUT2D eigenvalue weighted by atomic mass is 10.2. The molecule has 0 aliphatic carbocycles. The maximum absolute atomic E-state index is 13.8. The number of benzene rings is 2. The van der Waals surface area contributed by atoms with E-state index in [9.17, 15) is 17.2 Å². The van der Waals surface area contributed by atoms with E-state index < -0.39 is 21.7 Å². The molecule has 0 atom stereocenters. The highest BCUT2D eigenvalue weighted by atomic mass is 35.5. The van der Waals surface area contributed by atoms with Crippen LogP contribution in [-0.2, 0) is 16.6 Å². The quantitative estimate of drug-likeness (QED) is 0.858. The minimum absolute atomic E-state index is 0.0638. The summed E-state index contributed by atoms with van der Waals surface area (Å²) in [6.07, 6.45) is 0.991. The van der Waals surface area contributed by atoms with Gasteiger partial charge in [0.25, 0.3) is 0 Å². The first-order valence-electron chi connectivity index (χ1n) is 5.95. The molecule has 7 heteroatoms. The van der Waals surface area contributed by atoms with Crippen molar-refractivity contribution < 1.29 is 17.2 Å². The smallest absolute Gasteiger partial charge is 0.232 e. The molecule has 21 heavy (non-hydrogen) atoms.